The molecule has 0 N–H and O–H groups in total. The maximum atomic E-state index is 13.4. The van der Waals surface area contributed by atoms with Gasteiger partial charge in [-0.15, -0.1) is 0 Å². The first-order valence-corrected chi connectivity index (χ1v) is 8.56. The van der Waals surface area contributed by atoms with E-state index in [4.69, 9.17) is 4.74 Å². The van der Waals surface area contributed by atoms with Gasteiger partial charge < -0.3 is 4.74 Å². The summed E-state index contributed by atoms with van der Waals surface area (Å²) in [6.07, 6.45) is 0.647. The maximum Gasteiger partial charge on any atom is 0.421 e. The minimum Gasteiger partial charge on any atom is -0.443 e. The Morgan fingerprint density at radius 1 is 1.00 bits per heavy atom. The molecular formula is C21H21NO3. The molecule has 4 rings (SSSR count). The molecule has 2 amide bonds. The number of rotatable bonds is 0. The fourth-order valence-corrected chi connectivity index (χ4v) is 3.96. The number of benzene rings is 2. The van der Waals surface area contributed by atoms with Crippen molar-refractivity contribution in [1.29, 1.82) is 0 Å². The molecule has 0 atom stereocenters. The molecule has 128 valence electrons. The molecule has 4 heteroatoms. The van der Waals surface area contributed by atoms with E-state index in [0.29, 0.717) is 18.5 Å². The highest BCUT2D eigenvalue weighted by Gasteiger charge is 2.56. The standard InChI is InChI=1S/C21H21NO3/c1-20(2,3)25-19(24)22-17-11-7-6-10-16(17)21(18(22)23)12-14-8-4-5-9-15(14)13-21/h4-11H,12-13H2,1-3H3. The fraction of sp³-hybridized carbons (Fsp3) is 0.333. The minimum absolute atomic E-state index is 0.181. The summed E-state index contributed by atoms with van der Waals surface area (Å²) in [6.45, 7) is 5.41. The molecular weight excluding hydrogens is 314 g/mol. The van der Waals surface area contributed by atoms with Crippen molar-refractivity contribution in [3.63, 3.8) is 0 Å². The summed E-state index contributed by atoms with van der Waals surface area (Å²) in [6, 6.07) is 15.7. The summed E-state index contributed by atoms with van der Waals surface area (Å²) in [4.78, 5) is 27.4. The van der Waals surface area contributed by atoms with Crippen molar-refractivity contribution in [1.82, 2.24) is 0 Å². The van der Waals surface area contributed by atoms with Crippen molar-refractivity contribution in [2.45, 2.75) is 44.6 Å². The van der Waals surface area contributed by atoms with E-state index in [2.05, 4.69) is 12.1 Å². The molecule has 0 bridgehead atoms. The van der Waals surface area contributed by atoms with E-state index in [1.807, 2.05) is 36.4 Å². The molecule has 0 radical (unpaired) electrons. The fourth-order valence-electron chi connectivity index (χ4n) is 3.96. The summed E-state index contributed by atoms with van der Waals surface area (Å²) in [7, 11) is 0. The summed E-state index contributed by atoms with van der Waals surface area (Å²) >= 11 is 0. The van der Waals surface area contributed by atoms with Crippen molar-refractivity contribution in [3.8, 4) is 0 Å². The SMILES string of the molecule is CC(C)(C)OC(=O)N1C(=O)C2(Cc3ccccc3C2)c2ccccc21. The Bertz CT molecular complexity index is 854. The van der Waals surface area contributed by atoms with Crippen LogP contribution in [0.3, 0.4) is 0 Å². The molecule has 4 nitrogen and oxygen atoms in total. The largest absolute Gasteiger partial charge is 0.443 e. The van der Waals surface area contributed by atoms with Gasteiger partial charge in [0.25, 0.3) is 0 Å². The Morgan fingerprint density at radius 2 is 1.56 bits per heavy atom. The lowest BCUT2D eigenvalue weighted by Crippen LogP contribution is -2.45. The van der Waals surface area contributed by atoms with Crippen LogP contribution in [0.15, 0.2) is 48.5 Å². The summed E-state index contributed by atoms with van der Waals surface area (Å²) in [5.41, 5.74) is 2.57. The van der Waals surface area contributed by atoms with Crippen LogP contribution in [0.5, 0.6) is 0 Å². The molecule has 0 saturated carbocycles. The van der Waals surface area contributed by atoms with Crippen LogP contribution in [0.25, 0.3) is 0 Å². The molecule has 0 fully saturated rings. The zero-order valence-electron chi connectivity index (χ0n) is 14.7. The van der Waals surface area contributed by atoms with Gasteiger partial charge in [-0.3, -0.25) is 4.79 Å². The van der Waals surface area contributed by atoms with Crippen LogP contribution in [0, 0.1) is 0 Å². The lowest BCUT2D eigenvalue weighted by molar-refractivity contribution is -0.122. The van der Waals surface area contributed by atoms with Gasteiger partial charge in [-0.05, 0) is 56.4 Å². The van der Waals surface area contributed by atoms with Crippen LogP contribution in [-0.4, -0.2) is 17.6 Å². The third-order valence-electron chi connectivity index (χ3n) is 4.95. The van der Waals surface area contributed by atoms with E-state index < -0.39 is 17.1 Å². The number of hydrogen-bond acceptors (Lipinski definition) is 3. The molecule has 2 aromatic rings. The summed E-state index contributed by atoms with van der Waals surface area (Å²) < 4.78 is 5.49. The molecule has 0 aromatic heterocycles. The van der Waals surface area contributed by atoms with Gasteiger partial charge in [0.1, 0.15) is 5.60 Å². The topological polar surface area (TPSA) is 46.6 Å². The van der Waals surface area contributed by atoms with E-state index in [-0.39, 0.29) is 5.91 Å². The van der Waals surface area contributed by atoms with Crippen LogP contribution < -0.4 is 4.90 Å². The molecule has 1 heterocycles. The predicted molar refractivity (Wildman–Crippen MR) is 95.7 cm³/mol. The second-order valence-corrected chi connectivity index (χ2v) is 7.84. The molecule has 2 aliphatic rings. The first-order chi connectivity index (χ1) is 11.8. The highest BCUT2D eigenvalue weighted by atomic mass is 16.6. The molecule has 0 saturated heterocycles. The van der Waals surface area contributed by atoms with Crippen molar-refractivity contribution in [3.05, 3.63) is 65.2 Å². The summed E-state index contributed by atoms with van der Waals surface area (Å²) in [5.74, 6) is -0.181. The molecule has 2 aromatic carbocycles. The van der Waals surface area contributed by atoms with Crippen molar-refractivity contribution in [2.75, 3.05) is 4.90 Å². The molecule has 25 heavy (non-hydrogen) atoms. The van der Waals surface area contributed by atoms with Gasteiger partial charge in [-0.25, -0.2) is 9.69 Å². The first-order valence-electron chi connectivity index (χ1n) is 8.56. The van der Waals surface area contributed by atoms with E-state index in [0.717, 1.165) is 5.56 Å². The van der Waals surface area contributed by atoms with Crippen molar-refractivity contribution < 1.29 is 14.3 Å². The lowest BCUT2D eigenvalue weighted by atomic mass is 9.79. The highest BCUT2D eigenvalue weighted by molar-refractivity contribution is 6.21. The number of nitrogens with zero attached hydrogens (tertiary/aromatic N) is 1. The highest BCUT2D eigenvalue weighted by Crippen LogP contribution is 2.50. The zero-order chi connectivity index (χ0) is 17.8. The van der Waals surface area contributed by atoms with Crippen molar-refractivity contribution >= 4 is 17.7 Å². The Balaban J connectivity index is 1.80. The number of carbonyl (C=O) groups is 2. The third-order valence-corrected chi connectivity index (χ3v) is 4.95. The van der Waals surface area contributed by atoms with E-state index in [1.165, 1.54) is 16.0 Å². The van der Waals surface area contributed by atoms with Gasteiger partial charge in [-0.2, -0.15) is 0 Å². The summed E-state index contributed by atoms with van der Waals surface area (Å²) in [5, 5.41) is 0. The van der Waals surface area contributed by atoms with E-state index in [1.54, 1.807) is 20.8 Å². The minimum atomic E-state index is -0.697. The third kappa shape index (κ3) is 2.36. The number of para-hydroxylation sites is 1. The number of fused-ring (bicyclic) bond motifs is 3. The Labute approximate surface area is 147 Å². The van der Waals surface area contributed by atoms with Crippen LogP contribution in [0.4, 0.5) is 10.5 Å². The second-order valence-electron chi connectivity index (χ2n) is 7.84. The average molecular weight is 335 g/mol. The smallest absolute Gasteiger partial charge is 0.421 e. The number of ether oxygens (including phenoxy) is 1. The predicted octanol–water partition coefficient (Wildman–Crippen LogP) is 4.00. The van der Waals surface area contributed by atoms with Crippen LogP contribution in [-0.2, 0) is 27.8 Å². The van der Waals surface area contributed by atoms with Gasteiger partial charge in [0, 0.05) is 0 Å². The van der Waals surface area contributed by atoms with Gasteiger partial charge >= 0.3 is 6.09 Å². The van der Waals surface area contributed by atoms with E-state index in [9.17, 15) is 9.59 Å². The van der Waals surface area contributed by atoms with Gasteiger partial charge in [-0.1, -0.05) is 42.5 Å². The second kappa shape index (κ2) is 5.19. The van der Waals surface area contributed by atoms with Gasteiger partial charge in [0.15, 0.2) is 0 Å². The number of hydrogen-bond donors (Lipinski definition) is 0. The molecule has 1 spiro atoms. The van der Waals surface area contributed by atoms with Gasteiger partial charge in [0.2, 0.25) is 5.91 Å². The quantitative estimate of drug-likeness (QED) is 0.731. The number of imide groups is 1. The Kier molecular flexibility index (Phi) is 3.29. The van der Waals surface area contributed by atoms with Gasteiger partial charge in [0.05, 0.1) is 11.1 Å². The van der Waals surface area contributed by atoms with Crippen molar-refractivity contribution in [2.24, 2.45) is 0 Å². The zero-order valence-corrected chi connectivity index (χ0v) is 14.7. The monoisotopic (exact) mass is 335 g/mol. The molecule has 1 aliphatic heterocycles. The van der Waals surface area contributed by atoms with Crippen LogP contribution in [0.2, 0.25) is 0 Å². The Morgan fingerprint density at radius 3 is 2.16 bits per heavy atom. The first kappa shape index (κ1) is 15.9. The number of carbonyl (C=O) groups excluding carboxylic acids is 2. The normalized spacial score (nSPS) is 17.6. The maximum absolute atomic E-state index is 13.4. The number of anilines is 1. The molecule has 0 unspecified atom stereocenters. The average Bonchev–Trinajstić information content (AvgIpc) is 3.04. The van der Waals surface area contributed by atoms with E-state index >= 15 is 0 Å². The van der Waals surface area contributed by atoms with Crippen LogP contribution in [0.1, 0.15) is 37.5 Å². The molecule has 1 aliphatic carbocycles. The number of amides is 2. The van der Waals surface area contributed by atoms with Crippen LogP contribution >= 0.6 is 0 Å². The lowest BCUT2D eigenvalue weighted by Gasteiger charge is -2.25. The Hall–Kier alpha value is -2.62.